The molecule has 0 spiro atoms. The number of nitrogens with one attached hydrogen (secondary N) is 1. The molecule has 0 aliphatic heterocycles. The summed E-state index contributed by atoms with van der Waals surface area (Å²) >= 11 is 4.84. The van der Waals surface area contributed by atoms with Crippen LogP contribution in [0.1, 0.15) is 6.92 Å². The van der Waals surface area contributed by atoms with Crippen LogP contribution < -0.4 is 4.72 Å². The van der Waals surface area contributed by atoms with Gasteiger partial charge in [0.15, 0.2) is 0 Å². The monoisotopic (exact) mass is 183 g/mol. The fraction of sp³-hybridized carbons (Fsp3) is 1.00. The maximum atomic E-state index is 9.00. The predicted octanol–water partition coefficient (Wildman–Crippen LogP) is -1.06. The number of hydrogen-bond acceptors (Lipinski definition) is 3. The van der Waals surface area contributed by atoms with E-state index < -0.39 is 6.10 Å². The molecule has 3 N–H and O–H groups in total. The summed E-state index contributed by atoms with van der Waals surface area (Å²) in [7, 11) is -0.353. The van der Waals surface area contributed by atoms with Crippen LogP contribution in [0.15, 0.2) is 0 Å². The first kappa shape index (κ1) is 10.4. The van der Waals surface area contributed by atoms with Crippen LogP contribution in [-0.2, 0) is 20.8 Å². The molecule has 3 nitrogen and oxygen atoms in total. The average Bonchev–Trinajstić information content (AvgIpc) is 1.81. The summed E-state index contributed by atoms with van der Waals surface area (Å²) in [4.78, 5) is 0. The lowest BCUT2D eigenvalue weighted by Crippen LogP contribution is -2.41. The molecule has 5 heteroatoms. The lowest BCUT2D eigenvalue weighted by atomic mass is 10.2. The summed E-state index contributed by atoms with van der Waals surface area (Å²) in [5, 5.41) is 17.7. The number of hydrogen-bond donors (Lipinski definition) is 3. The van der Waals surface area contributed by atoms with Crippen molar-refractivity contribution in [1.82, 2.24) is 4.72 Å². The van der Waals surface area contributed by atoms with Crippen molar-refractivity contribution in [1.29, 1.82) is 0 Å². The third-order valence-corrected chi connectivity index (χ3v) is 2.02. The summed E-state index contributed by atoms with van der Waals surface area (Å²) in [6.07, 6.45) is 1.27. The number of aliphatic hydroxyl groups is 2. The van der Waals surface area contributed by atoms with Gasteiger partial charge in [0.05, 0.1) is 18.8 Å². The normalized spacial score (nSPS) is 20.0. The Kier molecular flexibility index (Phi) is 5.38. The van der Waals surface area contributed by atoms with Gasteiger partial charge >= 0.3 is 0 Å². The molecule has 0 aromatic heterocycles. The molecule has 0 aliphatic carbocycles. The molecule has 0 fully saturated rings. The number of rotatable bonds is 4. The van der Waals surface area contributed by atoms with Gasteiger partial charge in [-0.25, -0.2) is 0 Å². The fourth-order valence-corrected chi connectivity index (χ4v) is 1.57. The minimum atomic E-state index is -0.553. The van der Waals surface area contributed by atoms with Gasteiger partial charge in [0.1, 0.15) is 0 Å². The minimum absolute atomic E-state index is 0.0777. The van der Waals surface area contributed by atoms with E-state index in [1.165, 1.54) is 0 Å². The average molecular weight is 183 g/mol. The van der Waals surface area contributed by atoms with Gasteiger partial charge in [-0.2, -0.15) is 0 Å². The Morgan fingerprint density at radius 3 is 2.30 bits per heavy atom. The van der Waals surface area contributed by atoms with E-state index in [9.17, 15) is 0 Å². The molecular formula is C5H13NO2S2. The second-order valence-corrected chi connectivity index (χ2v) is 4.75. The zero-order chi connectivity index (χ0) is 8.15. The van der Waals surface area contributed by atoms with Crippen LogP contribution in [0.2, 0.25) is 0 Å². The van der Waals surface area contributed by atoms with E-state index in [0.717, 1.165) is 0 Å². The Morgan fingerprint density at radius 1 is 1.70 bits per heavy atom. The van der Waals surface area contributed by atoms with E-state index in [1.54, 1.807) is 6.92 Å². The highest BCUT2D eigenvalue weighted by molar-refractivity contribution is 8.27. The highest BCUT2D eigenvalue weighted by Crippen LogP contribution is 1.91. The van der Waals surface area contributed by atoms with Crippen molar-refractivity contribution in [2.45, 2.75) is 19.1 Å². The predicted molar refractivity (Wildman–Crippen MR) is 46.3 cm³/mol. The minimum Gasteiger partial charge on any atom is -0.395 e. The third-order valence-electron chi connectivity index (χ3n) is 1.10. The molecule has 0 aromatic carbocycles. The van der Waals surface area contributed by atoms with E-state index >= 15 is 0 Å². The van der Waals surface area contributed by atoms with Crippen molar-refractivity contribution in [2.75, 3.05) is 12.9 Å². The molecule has 0 aromatic rings. The standard InChI is InChI=1S/C5H13NO2S2/c1-4(8)5(3-7)6-10(2)9/h4-8H,3H2,1-2H3/t4-,5+,10?/m0/s1. The van der Waals surface area contributed by atoms with Crippen LogP contribution in [0.3, 0.4) is 0 Å². The smallest absolute Gasteiger partial charge is 0.0696 e. The third kappa shape index (κ3) is 4.29. The van der Waals surface area contributed by atoms with Crippen LogP contribution in [0.25, 0.3) is 0 Å². The van der Waals surface area contributed by atoms with Gasteiger partial charge in [-0.3, -0.25) is 4.72 Å². The molecule has 0 rings (SSSR count). The molecule has 0 heterocycles. The summed E-state index contributed by atoms with van der Waals surface area (Å²) < 4.78 is 2.87. The Morgan fingerprint density at radius 2 is 2.20 bits per heavy atom. The Bertz CT molecular complexity index is 118. The highest BCUT2D eigenvalue weighted by Gasteiger charge is 2.12. The lowest BCUT2D eigenvalue weighted by molar-refractivity contribution is 0.117. The summed E-state index contributed by atoms with van der Waals surface area (Å²) in [5.41, 5.74) is 0. The Balaban J connectivity index is 3.71. The largest absolute Gasteiger partial charge is 0.395 e. The van der Waals surface area contributed by atoms with Crippen LogP contribution >= 0.6 is 0 Å². The van der Waals surface area contributed by atoms with Gasteiger partial charge < -0.3 is 10.2 Å². The molecule has 1 unspecified atom stereocenters. The van der Waals surface area contributed by atoms with Crippen LogP contribution in [0.5, 0.6) is 0 Å². The fourth-order valence-electron chi connectivity index (χ4n) is 0.501. The van der Waals surface area contributed by atoms with Crippen molar-refractivity contribution in [3.8, 4) is 0 Å². The zero-order valence-corrected chi connectivity index (χ0v) is 7.71. The van der Waals surface area contributed by atoms with Crippen LogP contribution in [-0.4, -0.2) is 35.2 Å². The summed E-state index contributed by atoms with van der Waals surface area (Å²) in [6, 6.07) is -0.286. The van der Waals surface area contributed by atoms with Crippen LogP contribution in [0.4, 0.5) is 0 Å². The Hall–Kier alpha value is 0.450. The Labute approximate surface area is 68.2 Å². The molecule has 0 saturated carbocycles. The van der Waals surface area contributed by atoms with Crippen molar-refractivity contribution in [3.05, 3.63) is 0 Å². The van der Waals surface area contributed by atoms with Gasteiger partial charge in [-0.1, -0.05) is 9.64 Å². The van der Waals surface area contributed by atoms with Gasteiger partial charge in [-0.05, 0) is 24.4 Å². The molecular weight excluding hydrogens is 170 g/mol. The van der Waals surface area contributed by atoms with Gasteiger partial charge in [0.2, 0.25) is 0 Å². The topological polar surface area (TPSA) is 52.5 Å². The molecule has 0 amide bonds. The first-order valence-corrected chi connectivity index (χ1v) is 5.52. The zero-order valence-electron chi connectivity index (χ0n) is 6.07. The molecule has 0 saturated heterocycles. The van der Waals surface area contributed by atoms with Crippen molar-refractivity contribution in [2.24, 2.45) is 0 Å². The maximum absolute atomic E-state index is 9.00. The highest BCUT2D eigenvalue weighted by atomic mass is 32.8. The van der Waals surface area contributed by atoms with Gasteiger partial charge in [-0.15, -0.1) is 0 Å². The molecule has 10 heavy (non-hydrogen) atoms. The number of aliphatic hydroxyl groups excluding tert-OH is 2. The first-order valence-electron chi connectivity index (χ1n) is 2.96. The van der Waals surface area contributed by atoms with E-state index in [0.29, 0.717) is 0 Å². The van der Waals surface area contributed by atoms with E-state index in [-0.39, 0.29) is 22.3 Å². The summed E-state index contributed by atoms with van der Waals surface area (Å²) in [5.74, 6) is 0. The molecule has 0 radical (unpaired) electrons. The maximum Gasteiger partial charge on any atom is 0.0696 e. The van der Waals surface area contributed by atoms with Crippen LogP contribution in [0, 0.1) is 0 Å². The summed E-state index contributed by atoms with van der Waals surface area (Å²) in [6.45, 7) is 1.54. The lowest BCUT2D eigenvalue weighted by Gasteiger charge is -2.17. The van der Waals surface area contributed by atoms with E-state index in [4.69, 9.17) is 21.4 Å². The van der Waals surface area contributed by atoms with Crippen molar-refractivity contribution in [3.63, 3.8) is 0 Å². The SMILES string of the molecule is C[C@H](O)[C@@H](CO)NS(C)=S. The quantitative estimate of drug-likeness (QED) is 0.520. The van der Waals surface area contributed by atoms with E-state index in [1.807, 2.05) is 6.26 Å². The molecule has 0 bridgehead atoms. The molecule has 3 atom stereocenters. The second kappa shape index (κ2) is 5.15. The van der Waals surface area contributed by atoms with E-state index in [2.05, 4.69) is 4.72 Å². The molecule has 62 valence electrons. The van der Waals surface area contributed by atoms with Crippen molar-refractivity contribution < 1.29 is 10.2 Å². The molecule has 0 aliphatic rings. The van der Waals surface area contributed by atoms with Crippen molar-refractivity contribution >= 4 is 20.8 Å². The first-order chi connectivity index (χ1) is 4.57. The van der Waals surface area contributed by atoms with Gasteiger partial charge in [0.25, 0.3) is 0 Å². The van der Waals surface area contributed by atoms with Gasteiger partial charge in [0, 0.05) is 0 Å². The second-order valence-electron chi connectivity index (χ2n) is 2.10.